The van der Waals surface area contributed by atoms with Crippen LogP contribution in [0.4, 0.5) is 0 Å². The number of likely N-dealkylation sites (N-methyl/N-ethyl adjacent to an activating group) is 1. The summed E-state index contributed by atoms with van der Waals surface area (Å²) in [6.07, 6.45) is 5.76. The van der Waals surface area contributed by atoms with Crippen LogP contribution in [0.5, 0.6) is 0 Å². The number of allylic oxidation sites excluding steroid dienone is 2. The summed E-state index contributed by atoms with van der Waals surface area (Å²) >= 11 is 1.17. The van der Waals surface area contributed by atoms with E-state index in [9.17, 15) is 0 Å². The molecule has 1 atom stereocenters. The fraction of sp³-hybridized carbons (Fsp3) is 0.286. The van der Waals surface area contributed by atoms with Crippen molar-refractivity contribution in [2.75, 3.05) is 14.1 Å². The van der Waals surface area contributed by atoms with Gasteiger partial charge in [0.05, 0.1) is 0 Å². The summed E-state index contributed by atoms with van der Waals surface area (Å²) in [5.74, 6) is 0. The Kier molecular flexibility index (Phi) is 11.6. The minimum Gasteiger partial charge on any atom is -0.147 e. The molecule has 1 aliphatic carbocycles. The van der Waals surface area contributed by atoms with Crippen LogP contribution in [0.2, 0.25) is 0 Å². The molecule has 0 spiro atoms. The zero-order valence-corrected chi connectivity index (χ0v) is 17.0. The van der Waals surface area contributed by atoms with Crippen LogP contribution >= 0.6 is 37.2 Å². The largest absolute Gasteiger partial charge is 0.147 e. The maximum absolute atomic E-state index is 2.31. The van der Waals surface area contributed by atoms with Crippen molar-refractivity contribution in [3.8, 4) is 0 Å². The summed E-state index contributed by atoms with van der Waals surface area (Å²) in [6.45, 7) is 0. The van der Waals surface area contributed by atoms with Gasteiger partial charge in [-0.15, -0.1) is 37.2 Å². The van der Waals surface area contributed by atoms with Crippen molar-refractivity contribution in [3.63, 3.8) is 0 Å². The maximum Gasteiger partial charge on any atom is -0.147 e. The molecule has 0 bridgehead atoms. The average Bonchev–Trinajstić information content (AvgIpc) is 2.66. The number of rotatable bonds is 3. The molecule has 0 aliphatic heterocycles. The van der Waals surface area contributed by atoms with E-state index in [4.69, 9.17) is 0 Å². The molecular weight excluding hydrogens is 467 g/mol. The van der Waals surface area contributed by atoms with Gasteiger partial charge in [-0.3, -0.25) is 0 Å². The van der Waals surface area contributed by atoms with Gasteiger partial charge in [0, 0.05) is 0 Å². The molecule has 0 radical (unpaired) electrons. The van der Waals surface area contributed by atoms with Crippen molar-refractivity contribution in [1.82, 2.24) is 4.90 Å². The van der Waals surface area contributed by atoms with Gasteiger partial charge in [0.1, 0.15) is 0 Å². The third-order valence-electron chi connectivity index (χ3n) is 2.89. The fourth-order valence-corrected chi connectivity index (χ4v) is 3.38. The number of hydrogen-bond donors (Lipinski definition) is 0. The van der Waals surface area contributed by atoms with E-state index < -0.39 is 0 Å². The Labute approximate surface area is 149 Å². The summed E-state index contributed by atoms with van der Waals surface area (Å²) < 4.78 is 1.63. The predicted octanol–water partition coefficient (Wildman–Crippen LogP) is 4.32. The fourth-order valence-electron chi connectivity index (χ4n) is 2.17. The van der Waals surface area contributed by atoms with Gasteiger partial charge in [0.2, 0.25) is 0 Å². The molecule has 1 aromatic carbocycles. The molecule has 0 fully saturated rings. The molecule has 0 heterocycles. The second-order valence-electron chi connectivity index (χ2n) is 4.32. The molecule has 0 N–H and O–H groups in total. The van der Waals surface area contributed by atoms with E-state index in [0.29, 0.717) is 6.04 Å². The van der Waals surface area contributed by atoms with Crippen molar-refractivity contribution in [2.45, 2.75) is 12.5 Å². The number of nitrogens with zero attached hydrogens (tertiary/aromatic N) is 1. The molecule has 0 saturated heterocycles. The molecule has 1 aliphatic rings. The third-order valence-corrected chi connectivity index (χ3v) is 4.66. The van der Waals surface area contributed by atoms with Crippen LogP contribution in [0.25, 0.3) is 0 Å². The van der Waals surface area contributed by atoms with E-state index in [2.05, 4.69) is 61.5 Å². The van der Waals surface area contributed by atoms with Crippen LogP contribution in [-0.4, -0.2) is 19.0 Å². The zero-order chi connectivity index (χ0) is 11.5. The van der Waals surface area contributed by atoms with Gasteiger partial charge in [-0.05, 0) is 0 Å². The normalized spacial score (nSPS) is 14.4. The van der Waals surface area contributed by atoms with Crippen LogP contribution in [0, 0.1) is 0 Å². The van der Waals surface area contributed by atoms with Crippen molar-refractivity contribution < 1.29 is 24.4 Å². The zero-order valence-electron chi connectivity index (χ0n) is 11.0. The Hall–Kier alpha value is 0.400. The molecule has 1 unspecified atom stereocenters. The van der Waals surface area contributed by atoms with Crippen molar-refractivity contribution in [2.24, 2.45) is 0 Å². The van der Waals surface area contributed by atoms with Gasteiger partial charge in [0.15, 0.2) is 0 Å². The standard InChI is InChI=1S/C14H16N.3ClH.Hf/c1-15(2)14(13-10-6-7-11-13)12-8-4-3-5-9-12;;;;/h3-6,8-10,14H,7H2,1-2H3;3*1H;. The summed E-state index contributed by atoms with van der Waals surface area (Å²) in [5, 5.41) is 0. The second-order valence-corrected chi connectivity index (χ2v) is 6.49. The van der Waals surface area contributed by atoms with Crippen LogP contribution in [0.3, 0.4) is 0 Å². The van der Waals surface area contributed by atoms with E-state index >= 15 is 0 Å². The predicted molar refractivity (Wildman–Crippen MR) is 85.4 cm³/mol. The topological polar surface area (TPSA) is 3.24 Å². The number of hydrogen-bond acceptors (Lipinski definition) is 1. The van der Waals surface area contributed by atoms with Crippen LogP contribution in [0.15, 0.2) is 51.4 Å². The Morgan fingerprint density at radius 1 is 1.05 bits per heavy atom. The third kappa shape index (κ3) is 5.36. The average molecular weight is 486 g/mol. The molecule has 0 aromatic heterocycles. The first-order chi connectivity index (χ1) is 7.70. The van der Waals surface area contributed by atoms with Gasteiger partial charge >= 0.3 is 113 Å². The Morgan fingerprint density at radius 3 is 2.05 bits per heavy atom. The molecule has 0 amide bonds. The van der Waals surface area contributed by atoms with E-state index in [1.54, 1.807) is 3.33 Å². The van der Waals surface area contributed by atoms with Crippen molar-refractivity contribution >= 4 is 37.2 Å². The molecule has 105 valence electrons. The first-order valence-electron chi connectivity index (χ1n) is 5.52. The molecular formula is C14H19Cl3HfN. The van der Waals surface area contributed by atoms with Crippen LogP contribution in [-0.2, 0) is 24.4 Å². The quantitative estimate of drug-likeness (QED) is 0.576. The number of benzene rings is 1. The molecule has 5 heteroatoms. The summed E-state index contributed by atoms with van der Waals surface area (Å²) in [4.78, 5) is 2.30. The monoisotopic (exact) mass is 486 g/mol. The second kappa shape index (κ2) is 10.2. The smallest absolute Gasteiger partial charge is 0.147 e. The first-order valence-corrected chi connectivity index (χ1v) is 7.32. The van der Waals surface area contributed by atoms with E-state index in [-0.39, 0.29) is 37.2 Å². The molecule has 1 aromatic rings. The molecule has 1 nitrogen and oxygen atoms in total. The molecule has 2 rings (SSSR count). The Morgan fingerprint density at radius 2 is 1.63 bits per heavy atom. The van der Waals surface area contributed by atoms with E-state index in [1.807, 2.05) is 0 Å². The summed E-state index contributed by atoms with van der Waals surface area (Å²) in [7, 11) is 4.32. The number of halogens is 3. The van der Waals surface area contributed by atoms with Gasteiger partial charge in [-0.1, -0.05) is 0 Å². The maximum atomic E-state index is 2.31. The van der Waals surface area contributed by atoms with Crippen molar-refractivity contribution in [3.05, 3.63) is 57.0 Å². The molecule has 0 saturated carbocycles. The van der Waals surface area contributed by atoms with Gasteiger partial charge in [-0.2, -0.15) is 0 Å². The molecule has 19 heavy (non-hydrogen) atoms. The van der Waals surface area contributed by atoms with E-state index in [1.165, 1.54) is 41.9 Å². The van der Waals surface area contributed by atoms with Gasteiger partial charge in [0.25, 0.3) is 0 Å². The minimum atomic E-state index is 0. The van der Waals surface area contributed by atoms with Gasteiger partial charge < -0.3 is 0 Å². The van der Waals surface area contributed by atoms with Gasteiger partial charge in [-0.25, -0.2) is 0 Å². The minimum absolute atomic E-state index is 0. The summed E-state index contributed by atoms with van der Waals surface area (Å²) in [5.41, 5.74) is 2.91. The SMILES string of the molecule is CN(C)C(C1=[C]([Hf])CC=C1)c1ccccc1.Cl.Cl.Cl. The summed E-state index contributed by atoms with van der Waals surface area (Å²) in [6, 6.07) is 11.2. The van der Waals surface area contributed by atoms with Crippen LogP contribution in [0.1, 0.15) is 18.0 Å². The first kappa shape index (κ1) is 21.7. The van der Waals surface area contributed by atoms with Crippen LogP contribution < -0.4 is 0 Å². The van der Waals surface area contributed by atoms with Crippen molar-refractivity contribution in [1.29, 1.82) is 0 Å². The Balaban J connectivity index is 0. The van der Waals surface area contributed by atoms with E-state index in [0.717, 1.165) is 0 Å². The Bertz CT molecular complexity index is 430.